The van der Waals surface area contributed by atoms with E-state index >= 15 is 0 Å². The van der Waals surface area contributed by atoms with Crippen molar-refractivity contribution < 1.29 is 28.9 Å². The van der Waals surface area contributed by atoms with Crippen LogP contribution in [-0.4, -0.2) is 53.5 Å². The smallest absolute Gasteiger partial charge is 0.410 e. The highest BCUT2D eigenvalue weighted by Gasteiger charge is 2.33. The van der Waals surface area contributed by atoms with Gasteiger partial charge in [-0.3, -0.25) is 0 Å². The van der Waals surface area contributed by atoms with Gasteiger partial charge in [0.2, 0.25) is 0 Å². The van der Waals surface area contributed by atoms with Crippen LogP contribution < -0.4 is 4.74 Å². The summed E-state index contributed by atoms with van der Waals surface area (Å²) in [5.74, 6) is 0.148. The molecule has 0 bridgehead atoms. The summed E-state index contributed by atoms with van der Waals surface area (Å²) < 4.78 is 16.2. The number of fused-ring (bicyclic) bond motifs is 1. The number of carbonyl (C=O) groups is 2. The average molecular weight is 504 g/mol. The standard InChI is InChI=1S/C27H34ClNO6/c1-5-33-25(31)17-34-23-12-10-18-9-11-22(14-20(18)15-23)29(26(32)35-27(2,3)4)16-24(30)19-7-6-8-21(28)13-19/h6-8,10,12-13,15,22,24,30H,5,9,11,14,16-17H2,1-4H3. The molecule has 1 N–H and O–H groups in total. The Morgan fingerprint density at radius 2 is 1.94 bits per heavy atom. The molecule has 190 valence electrons. The third-order valence-corrected chi connectivity index (χ3v) is 5.95. The Morgan fingerprint density at radius 3 is 2.63 bits per heavy atom. The molecule has 2 aromatic rings. The van der Waals surface area contributed by atoms with Gasteiger partial charge in [-0.2, -0.15) is 0 Å². The van der Waals surface area contributed by atoms with Gasteiger partial charge in [0.15, 0.2) is 6.61 Å². The van der Waals surface area contributed by atoms with Crippen molar-refractivity contribution >= 4 is 23.7 Å². The third-order valence-electron chi connectivity index (χ3n) is 5.71. The van der Waals surface area contributed by atoms with Gasteiger partial charge in [0.25, 0.3) is 0 Å². The molecule has 0 aliphatic heterocycles. The van der Waals surface area contributed by atoms with E-state index in [9.17, 15) is 14.7 Å². The van der Waals surface area contributed by atoms with Crippen LogP contribution in [0, 0.1) is 0 Å². The number of amides is 1. The number of ether oxygens (including phenoxy) is 3. The van der Waals surface area contributed by atoms with Crippen molar-refractivity contribution in [1.29, 1.82) is 0 Å². The topological polar surface area (TPSA) is 85.3 Å². The van der Waals surface area contributed by atoms with Crippen LogP contribution in [0.25, 0.3) is 0 Å². The monoisotopic (exact) mass is 503 g/mol. The lowest BCUT2D eigenvalue weighted by atomic mass is 9.87. The highest BCUT2D eigenvalue weighted by molar-refractivity contribution is 6.30. The minimum Gasteiger partial charge on any atom is -0.482 e. The highest BCUT2D eigenvalue weighted by atomic mass is 35.5. The maximum absolute atomic E-state index is 13.2. The summed E-state index contributed by atoms with van der Waals surface area (Å²) in [4.78, 5) is 26.5. The van der Waals surface area contributed by atoms with Gasteiger partial charge in [0, 0.05) is 11.1 Å². The second-order valence-corrected chi connectivity index (χ2v) is 10.1. The molecule has 7 nitrogen and oxygen atoms in total. The van der Waals surface area contributed by atoms with Crippen molar-refractivity contribution in [1.82, 2.24) is 4.90 Å². The Balaban J connectivity index is 1.78. The maximum Gasteiger partial charge on any atom is 0.410 e. The predicted octanol–water partition coefficient (Wildman–Crippen LogP) is 5.11. The third kappa shape index (κ3) is 7.87. The molecule has 3 rings (SSSR count). The summed E-state index contributed by atoms with van der Waals surface area (Å²) in [7, 11) is 0. The number of halogens is 1. The molecule has 0 saturated heterocycles. The molecule has 8 heteroatoms. The first-order chi connectivity index (χ1) is 16.6. The average Bonchev–Trinajstić information content (AvgIpc) is 2.79. The van der Waals surface area contributed by atoms with E-state index in [-0.39, 0.29) is 19.2 Å². The Bertz CT molecular complexity index is 1030. The zero-order chi connectivity index (χ0) is 25.6. The SMILES string of the molecule is CCOC(=O)COc1ccc2c(c1)CC(N(CC(O)c1cccc(Cl)c1)C(=O)OC(C)(C)C)CC2. The summed E-state index contributed by atoms with van der Waals surface area (Å²) >= 11 is 6.10. The molecule has 2 aromatic carbocycles. The molecule has 35 heavy (non-hydrogen) atoms. The number of nitrogens with zero attached hydrogens (tertiary/aromatic N) is 1. The van der Waals surface area contributed by atoms with Gasteiger partial charge in [0.1, 0.15) is 11.4 Å². The van der Waals surface area contributed by atoms with E-state index in [0.29, 0.717) is 29.4 Å². The minimum atomic E-state index is -0.915. The van der Waals surface area contributed by atoms with Crippen LogP contribution in [0.15, 0.2) is 42.5 Å². The Morgan fingerprint density at radius 1 is 1.17 bits per heavy atom. The van der Waals surface area contributed by atoms with E-state index in [1.807, 2.05) is 39.0 Å². The fourth-order valence-corrected chi connectivity index (χ4v) is 4.31. The van der Waals surface area contributed by atoms with E-state index in [4.69, 9.17) is 25.8 Å². The lowest BCUT2D eigenvalue weighted by Crippen LogP contribution is -2.47. The normalized spacial score (nSPS) is 16.1. The Kier molecular flexibility index (Phi) is 9.03. The summed E-state index contributed by atoms with van der Waals surface area (Å²) in [6.45, 7) is 7.42. The number of hydrogen-bond donors (Lipinski definition) is 1. The molecular formula is C27H34ClNO6. The lowest BCUT2D eigenvalue weighted by molar-refractivity contribution is -0.145. The molecule has 0 saturated carbocycles. The second-order valence-electron chi connectivity index (χ2n) is 9.62. The van der Waals surface area contributed by atoms with E-state index in [0.717, 1.165) is 18.4 Å². The number of aliphatic hydroxyl groups excluding tert-OH is 1. The number of aliphatic hydroxyl groups is 1. The number of aryl methyl sites for hydroxylation is 1. The number of hydrogen-bond acceptors (Lipinski definition) is 6. The number of esters is 1. The van der Waals surface area contributed by atoms with Crippen LogP contribution in [0.4, 0.5) is 4.79 Å². The minimum absolute atomic E-state index is 0.0777. The molecule has 2 atom stereocenters. The van der Waals surface area contributed by atoms with Crippen LogP contribution in [0.3, 0.4) is 0 Å². The van der Waals surface area contributed by atoms with Crippen molar-refractivity contribution in [2.45, 2.75) is 64.7 Å². The molecule has 1 aliphatic rings. The van der Waals surface area contributed by atoms with Crippen molar-refractivity contribution in [2.75, 3.05) is 19.8 Å². The van der Waals surface area contributed by atoms with Crippen LogP contribution in [0.5, 0.6) is 5.75 Å². The summed E-state index contributed by atoms with van der Waals surface area (Å²) in [5.41, 5.74) is 2.17. The molecule has 0 spiro atoms. The Hall–Kier alpha value is -2.77. The summed E-state index contributed by atoms with van der Waals surface area (Å²) in [6, 6.07) is 12.6. The fourth-order valence-electron chi connectivity index (χ4n) is 4.11. The number of rotatable bonds is 8. The van der Waals surface area contributed by atoms with Gasteiger partial charge >= 0.3 is 12.1 Å². The largest absolute Gasteiger partial charge is 0.482 e. The second kappa shape index (κ2) is 11.8. The van der Waals surface area contributed by atoms with Gasteiger partial charge in [-0.05, 0) is 87.9 Å². The lowest BCUT2D eigenvalue weighted by Gasteiger charge is -2.37. The first kappa shape index (κ1) is 26.8. The zero-order valence-corrected chi connectivity index (χ0v) is 21.5. The number of carbonyl (C=O) groups excluding carboxylic acids is 2. The van der Waals surface area contributed by atoms with Crippen LogP contribution in [0.1, 0.15) is 56.9 Å². The summed E-state index contributed by atoms with van der Waals surface area (Å²) in [6.07, 6.45) is 0.694. The van der Waals surface area contributed by atoms with Crippen molar-refractivity contribution in [3.05, 3.63) is 64.2 Å². The Labute approximate surface area is 211 Å². The van der Waals surface area contributed by atoms with E-state index < -0.39 is 23.8 Å². The van der Waals surface area contributed by atoms with Crippen molar-refractivity contribution in [3.63, 3.8) is 0 Å². The van der Waals surface area contributed by atoms with Crippen molar-refractivity contribution in [3.8, 4) is 5.75 Å². The molecule has 2 unspecified atom stereocenters. The molecule has 0 fully saturated rings. The maximum atomic E-state index is 13.2. The molecule has 0 radical (unpaired) electrons. The van der Waals surface area contributed by atoms with Crippen molar-refractivity contribution in [2.24, 2.45) is 0 Å². The van der Waals surface area contributed by atoms with Crippen LogP contribution in [-0.2, 0) is 27.1 Å². The van der Waals surface area contributed by atoms with Crippen LogP contribution in [0.2, 0.25) is 5.02 Å². The van der Waals surface area contributed by atoms with Gasteiger partial charge in [0.05, 0.1) is 19.3 Å². The quantitative estimate of drug-likeness (QED) is 0.504. The molecule has 0 heterocycles. The molecule has 1 amide bonds. The van der Waals surface area contributed by atoms with Gasteiger partial charge < -0.3 is 24.2 Å². The highest BCUT2D eigenvalue weighted by Crippen LogP contribution is 2.30. The first-order valence-electron chi connectivity index (χ1n) is 11.9. The zero-order valence-electron chi connectivity index (χ0n) is 20.8. The van der Waals surface area contributed by atoms with E-state index in [1.165, 1.54) is 5.56 Å². The molecular weight excluding hydrogens is 470 g/mol. The molecule has 0 aromatic heterocycles. The predicted molar refractivity (Wildman–Crippen MR) is 134 cm³/mol. The summed E-state index contributed by atoms with van der Waals surface area (Å²) in [5, 5.41) is 11.4. The number of benzene rings is 2. The first-order valence-corrected chi connectivity index (χ1v) is 12.3. The fraction of sp³-hybridized carbons (Fsp3) is 0.481. The van der Waals surface area contributed by atoms with E-state index in [2.05, 4.69) is 0 Å². The van der Waals surface area contributed by atoms with E-state index in [1.54, 1.807) is 36.1 Å². The van der Waals surface area contributed by atoms with Crippen LogP contribution >= 0.6 is 11.6 Å². The van der Waals surface area contributed by atoms with Gasteiger partial charge in [-0.15, -0.1) is 0 Å². The van der Waals surface area contributed by atoms with Gasteiger partial charge in [-0.25, -0.2) is 9.59 Å². The van der Waals surface area contributed by atoms with Gasteiger partial charge in [-0.1, -0.05) is 29.8 Å². The molecule has 1 aliphatic carbocycles.